The Morgan fingerprint density at radius 1 is 0.900 bits per heavy atom. The number of hydrogen-bond donors (Lipinski definition) is 0. The topological polar surface area (TPSA) is 52.3 Å². The number of carbonyl (C=O) groups is 1. The van der Waals surface area contributed by atoms with Crippen LogP contribution >= 0.6 is 11.6 Å². The van der Waals surface area contributed by atoms with Gasteiger partial charge in [-0.3, -0.25) is 4.79 Å². The lowest BCUT2D eigenvalue weighted by atomic mass is 9.89. The summed E-state index contributed by atoms with van der Waals surface area (Å²) in [5, 5.41) is 4.65. The molecule has 4 nitrogen and oxygen atoms in total. The van der Waals surface area contributed by atoms with Crippen molar-refractivity contribution in [3.05, 3.63) is 113 Å². The highest BCUT2D eigenvalue weighted by Gasteiger charge is 2.19. The van der Waals surface area contributed by atoms with Crippen molar-refractivity contribution in [1.82, 2.24) is 5.16 Å². The van der Waals surface area contributed by atoms with Crippen LogP contribution in [0.2, 0.25) is 5.02 Å². The first kappa shape index (κ1) is 19.9. The molecule has 5 heteroatoms. The van der Waals surface area contributed by atoms with E-state index in [-0.39, 0.29) is 24.9 Å². The van der Waals surface area contributed by atoms with Crippen molar-refractivity contribution in [3.8, 4) is 11.3 Å². The predicted octanol–water partition coefficient (Wildman–Crippen LogP) is 6.26. The van der Waals surface area contributed by atoms with Gasteiger partial charge in [0.1, 0.15) is 12.3 Å². The molecule has 3 aromatic carbocycles. The predicted molar refractivity (Wildman–Crippen MR) is 116 cm³/mol. The fourth-order valence-corrected chi connectivity index (χ4v) is 3.43. The average molecular weight is 418 g/mol. The van der Waals surface area contributed by atoms with Gasteiger partial charge < -0.3 is 9.26 Å². The molecule has 4 aromatic rings. The van der Waals surface area contributed by atoms with Crippen LogP contribution in [0.4, 0.5) is 0 Å². The highest BCUT2D eigenvalue weighted by molar-refractivity contribution is 6.30. The maximum absolute atomic E-state index is 12.6. The van der Waals surface area contributed by atoms with Gasteiger partial charge in [-0.1, -0.05) is 77.4 Å². The molecule has 1 heterocycles. The maximum Gasteiger partial charge on any atom is 0.307 e. The Bertz CT molecular complexity index is 1050. The molecule has 0 bridgehead atoms. The van der Waals surface area contributed by atoms with E-state index in [1.165, 1.54) is 0 Å². The summed E-state index contributed by atoms with van der Waals surface area (Å²) in [6.07, 6.45) is 0.246. The van der Waals surface area contributed by atoms with Gasteiger partial charge in [0.15, 0.2) is 5.76 Å². The van der Waals surface area contributed by atoms with Gasteiger partial charge in [-0.05, 0) is 35.4 Å². The van der Waals surface area contributed by atoms with Crippen LogP contribution in [0, 0.1) is 0 Å². The fourth-order valence-electron chi connectivity index (χ4n) is 3.31. The van der Waals surface area contributed by atoms with Crippen molar-refractivity contribution >= 4 is 17.6 Å². The van der Waals surface area contributed by atoms with Crippen LogP contribution < -0.4 is 0 Å². The van der Waals surface area contributed by atoms with Gasteiger partial charge in [-0.15, -0.1) is 0 Å². The Morgan fingerprint density at radius 2 is 1.50 bits per heavy atom. The quantitative estimate of drug-likeness (QED) is 0.333. The minimum Gasteiger partial charge on any atom is -0.459 e. The zero-order valence-corrected chi connectivity index (χ0v) is 17.0. The van der Waals surface area contributed by atoms with E-state index in [1.807, 2.05) is 72.8 Å². The number of benzene rings is 3. The molecule has 0 fully saturated rings. The van der Waals surface area contributed by atoms with Gasteiger partial charge in [0.2, 0.25) is 0 Å². The van der Waals surface area contributed by atoms with Gasteiger partial charge in [0.25, 0.3) is 0 Å². The second-order valence-electron chi connectivity index (χ2n) is 6.93. The molecular weight excluding hydrogens is 398 g/mol. The third-order valence-electron chi connectivity index (χ3n) is 4.84. The monoisotopic (exact) mass is 417 g/mol. The molecule has 0 aliphatic rings. The number of esters is 1. The van der Waals surface area contributed by atoms with Crippen LogP contribution in [0.1, 0.15) is 29.2 Å². The van der Waals surface area contributed by atoms with E-state index in [0.717, 1.165) is 16.7 Å². The summed E-state index contributed by atoms with van der Waals surface area (Å²) in [7, 11) is 0. The van der Waals surface area contributed by atoms with Crippen LogP contribution in [0.3, 0.4) is 0 Å². The van der Waals surface area contributed by atoms with Crippen molar-refractivity contribution in [2.45, 2.75) is 18.9 Å². The summed E-state index contributed by atoms with van der Waals surface area (Å²) in [6.45, 7) is 0.0617. The molecule has 0 atom stereocenters. The van der Waals surface area contributed by atoms with Crippen molar-refractivity contribution in [1.29, 1.82) is 0 Å². The number of aromatic nitrogens is 1. The van der Waals surface area contributed by atoms with Gasteiger partial charge in [-0.25, -0.2) is 0 Å². The lowest BCUT2D eigenvalue weighted by molar-refractivity contribution is -0.145. The third-order valence-corrected chi connectivity index (χ3v) is 5.10. The van der Waals surface area contributed by atoms with Gasteiger partial charge in [0.05, 0.1) is 6.42 Å². The average Bonchev–Trinajstić information content (AvgIpc) is 3.27. The standard InChI is InChI=1S/C25H20ClNO3/c26-21-13-11-20(12-14-21)24-15-22(27-30-24)17-29-25(28)16-23(18-7-3-1-4-8-18)19-9-5-2-6-10-19/h1-15,23H,16-17H2. The highest BCUT2D eigenvalue weighted by atomic mass is 35.5. The molecule has 150 valence electrons. The lowest BCUT2D eigenvalue weighted by Gasteiger charge is -2.17. The van der Waals surface area contributed by atoms with E-state index in [2.05, 4.69) is 5.16 Å². The summed E-state index contributed by atoms with van der Waals surface area (Å²) in [6, 6.07) is 29.0. The van der Waals surface area contributed by atoms with Crippen LogP contribution in [0.15, 0.2) is 95.5 Å². The van der Waals surface area contributed by atoms with Gasteiger partial charge >= 0.3 is 5.97 Å². The number of carbonyl (C=O) groups excluding carboxylic acids is 1. The zero-order valence-electron chi connectivity index (χ0n) is 16.2. The van der Waals surface area contributed by atoms with Crippen LogP contribution in [0.25, 0.3) is 11.3 Å². The summed E-state index contributed by atoms with van der Waals surface area (Å²) in [5.74, 6) is 0.245. The minimum atomic E-state index is -0.288. The van der Waals surface area contributed by atoms with Crippen molar-refractivity contribution in [2.24, 2.45) is 0 Å². The summed E-state index contributed by atoms with van der Waals surface area (Å²) in [4.78, 5) is 12.6. The van der Waals surface area contributed by atoms with E-state index in [1.54, 1.807) is 18.2 Å². The Balaban J connectivity index is 1.41. The van der Waals surface area contributed by atoms with E-state index >= 15 is 0 Å². The molecule has 0 radical (unpaired) electrons. The van der Waals surface area contributed by atoms with E-state index in [4.69, 9.17) is 20.9 Å². The second-order valence-corrected chi connectivity index (χ2v) is 7.36. The van der Waals surface area contributed by atoms with Gasteiger partial charge in [0, 0.05) is 22.6 Å². The fraction of sp³-hybridized carbons (Fsp3) is 0.120. The largest absolute Gasteiger partial charge is 0.459 e. The molecule has 0 amide bonds. The molecule has 1 aromatic heterocycles. The van der Waals surface area contributed by atoms with Crippen LogP contribution in [-0.4, -0.2) is 11.1 Å². The summed E-state index contributed by atoms with van der Waals surface area (Å²) >= 11 is 5.92. The second kappa shape index (κ2) is 9.42. The van der Waals surface area contributed by atoms with Crippen molar-refractivity contribution < 1.29 is 14.1 Å². The molecule has 30 heavy (non-hydrogen) atoms. The smallest absolute Gasteiger partial charge is 0.307 e. The number of halogens is 1. The zero-order chi connectivity index (χ0) is 20.8. The number of rotatable bonds is 7. The summed E-state index contributed by atoms with van der Waals surface area (Å²) < 4.78 is 10.8. The summed E-state index contributed by atoms with van der Waals surface area (Å²) in [5.41, 5.74) is 3.57. The highest BCUT2D eigenvalue weighted by Crippen LogP contribution is 2.28. The first-order valence-corrected chi connectivity index (χ1v) is 10.0. The molecule has 0 saturated heterocycles. The molecule has 0 aliphatic carbocycles. The van der Waals surface area contributed by atoms with E-state index in [0.29, 0.717) is 16.5 Å². The Morgan fingerprint density at radius 3 is 2.10 bits per heavy atom. The maximum atomic E-state index is 12.6. The molecule has 0 unspecified atom stereocenters. The Hall–Kier alpha value is -3.37. The third kappa shape index (κ3) is 4.97. The molecule has 0 spiro atoms. The molecular formula is C25H20ClNO3. The Kier molecular flexibility index (Phi) is 6.26. The van der Waals surface area contributed by atoms with Crippen LogP contribution in [0.5, 0.6) is 0 Å². The SMILES string of the molecule is O=C(CC(c1ccccc1)c1ccccc1)OCc1cc(-c2ccc(Cl)cc2)on1. The van der Waals surface area contributed by atoms with E-state index in [9.17, 15) is 4.79 Å². The minimum absolute atomic E-state index is 0.0617. The number of ether oxygens (including phenoxy) is 1. The molecule has 0 saturated carbocycles. The number of nitrogens with zero attached hydrogens (tertiary/aromatic N) is 1. The van der Waals surface area contributed by atoms with Crippen LogP contribution in [-0.2, 0) is 16.1 Å². The van der Waals surface area contributed by atoms with Crippen molar-refractivity contribution in [2.75, 3.05) is 0 Å². The first-order valence-electron chi connectivity index (χ1n) is 9.66. The molecule has 4 rings (SSSR count). The molecule has 0 N–H and O–H groups in total. The van der Waals surface area contributed by atoms with Crippen molar-refractivity contribution in [3.63, 3.8) is 0 Å². The Labute approximate surface area is 180 Å². The lowest BCUT2D eigenvalue weighted by Crippen LogP contribution is -2.12. The number of hydrogen-bond acceptors (Lipinski definition) is 4. The first-order chi connectivity index (χ1) is 14.7. The molecule has 0 aliphatic heterocycles. The normalized spacial score (nSPS) is 10.9. The van der Waals surface area contributed by atoms with Gasteiger partial charge in [-0.2, -0.15) is 0 Å². The van der Waals surface area contributed by atoms with E-state index < -0.39 is 0 Å².